The molecule has 0 aromatic heterocycles. The van der Waals surface area contributed by atoms with E-state index in [2.05, 4.69) is 11.9 Å². The van der Waals surface area contributed by atoms with Crippen molar-refractivity contribution in [1.29, 1.82) is 0 Å². The van der Waals surface area contributed by atoms with Crippen LogP contribution in [-0.4, -0.2) is 24.1 Å². The van der Waals surface area contributed by atoms with Crippen molar-refractivity contribution >= 4 is 17.8 Å². The van der Waals surface area contributed by atoms with Crippen LogP contribution in [0.4, 0.5) is 4.79 Å². The van der Waals surface area contributed by atoms with Gasteiger partial charge in [0, 0.05) is 18.1 Å². The molecule has 0 aliphatic heterocycles. The maximum absolute atomic E-state index is 10.1. The molecule has 3 nitrogen and oxygen atoms in total. The number of carbonyl (C=O) groups excluding carboxylic acids is 1. The minimum Gasteiger partial charge on any atom is -0.352 e. The summed E-state index contributed by atoms with van der Waals surface area (Å²) in [5, 5.41) is 2.49. The van der Waals surface area contributed by atoms with E-state index in [0.717, 1.165) is 11.5 Å². The first-order valence-corrected chi connectivity index (χ1v) is 4.14. The molecule has 0 spiro atoms. The smallest absolute Gasteiger partial charge is 0.312 e. The molecule has 0 aromatic rings. The number of hydrogen-bond donors (Lipinski definition) is 2. The molecule has 0 fully saturated rings. The topological polar surface area (TPSA) is 55.1 Å². The summed E-state index contributed by atoms with van der Waals surface area (Å²) in [4.78, 5) is 10.1. The van der Waals surface area contributed by atoms with Gasteiger partial charge in [-0.1, -0.05) is 6.08 Å². The molecule has 0 atom stereocenters. The third-order valence-corrected chi connectivity index (χ3v) is 1.75. The van der Waals surface area contributed by atoms with Crippen LogP contribution in [0.5, 0.6) is 0 Å². The molecule has 0 radical (unpaired) electrons. The fraction of sp³-hybridized carbons (Fsp3) is 0.500. The Kier molecular flexibility index (Phi) is 6.06. The number of rotatable bonds is 5. The van der Waals surface area contributed by atoms with Crippen molar-refractivity contribution in [3.63, 3.8) is 0 Å². The van der Waals surface area contributed by atoms with Gasteiger partial charge in [-0.2, -0.15) is 11.8 Å². The summed E-state index contributed by atoms with van der Waals surface area (Å²) in [5.74, 6) is 1.80. The Morgan fingerprint density at radius 2 is 2.50 bits per heavy atom. The average molecular weight is 160 g/mol. The summed E-state index contributed by atoms with van der Waals surface area (Å²) >= 11 is 1.71. The zero-order valence-corrected chi connectivity index (χ0v) is 6.62. The molecule has 4 heteroatoms. The largest absolute Gasteiger partial charge is 0.352 e. The maximum atomic E-state index is 10.1. The summed E-state index contributed by atoms with van der Waals surface area (Å²) in [7, 11) is 0. The van der Waals surface area contributed by atoms with Gasteiger partial charge >= 0.3 is 6.03 Å². The number of urea groups is 1. The molecule has 3 N–H and O–H groups in total. The van der Waals surface area contributed by atoms with Crippen molar-refractivity contribution in [3.05, 3.63) is 12.7 Å². The van der Waals surface area contributed by atoms with Crippen LogP contribution in [-0.2, 0) is 0 Å². The van der Waals surface area contributed by atoms with Gasteiger partial charge in [-0.05, 0) is 0 Å². The fourth-order valence-electron chi connectivity index (χ4n) is 0.413. The van der Waals surface area contributed by atoms with E-state index in [1.165, 1.54) is 0 Å². The Balaban J connectivity index is 2.90. The van der Waals surface area contributed by atoms with Gasteiger partial charge in [-0.15, -0.1) is 6.58 Å². The van der Waals surface area contributed by atoms with E-state index < -0.39 is 6.03 Å². The average Bonchev–Trinajstić information content (AvgIpc) is 1.87. The Labute approximate surface area is 65.0 Å². The molecule has 10 heavy (non-hydrogen) atoms. The van der Waals surface area contributed by atoms with Gasteiger partial charge in [0.25, 0.3) is 0 Å². The van der Waals surface area contributed by atoms with Crippen molar-refractivity contribution in [2.24, 2.45) is 5.73 Å². The third kappa shape index (κ3) is 7.36. The second-order valence-corrected chi connectivity index (χ2v) is 2.80. The Morgan fingerprint density at radius 1 is 1.80 bits per heavy atom. The van der Waals surface area contributed by atoms with Crippen LogP contribution >= 0.6 is 11.8 Å². The van der Waals surface area contributed by atoms with Crippen LogP contribution < -0.4 is 11.1 Å². The Hall–Kier alpha value is -0.640. The van der Waals surface area contributed by atoms with E-state index in [-0.39, 0.29) is 0 Å². The Morgan fingerprint density at radius 3 is 3.00 bits per heavy atom. The van der Waals surface area contributed by atoms with E-state index in [1.54, 1.807) is 11.8 Å². The molecule has 0 saturated carbocycles. The second kappa shape index (κ2) is 6.48. The zero-order valence-electron chi connectivity index (χ0n) is 5.80. The van der Waals surface area contributed by atoms with E-state index in [1.807, 2.05) is 6.08 Å². The lowest BCUT2D eigenvalue weighted by molar-refractivity contribution is 0.249. The van der Waals surface area contributed by atoms with Gasteiger partial charge < -0.3 is 11.1 Å². The molecule has 0 aromatic carbocycles. The molecule has 0 aliphatic carbocycles. The first-order valence-electron chi connectivity index (χ1n) is 2.99. The summed E-state index contributed by atoms with van der Waals surface area (Å²) in [6.07, 6.45) is 1.83. The van der Waals surface area contributed by atoms with Gasteiger partial charge in [0.2, 0.25) is 0 Å². The number of carbonyl (C=O) groups is 1. The van der Waals surface area contributed by atoms with Crippen molar-refractivity contribution in [2.75, 3.05) is 18.1 Å². The molecule has 0 saturated heterocycles. The minimum absolute atomic E-state index is 0.459. The van der Waals surface area contributed by atoms with Gasteiger partial charge in [0.15, 0.2) is 0 Å². The number of amides is 2. The number of primary amides is 1. The first kappa shape index (κ1) is 9.36. The number of nitrogens with one attached hydrogen (secondary N) is 1. The lowest BCUT2D eigenvalue weighted by Crippen LogP contribution is -2.31. The van der Waals surface area contributed by atoms with Crippen LogP contribution in [0.25, 0.3) is 0 Å². The van der Waals surface area contributed by atoms with E-state index >= 15 is 0 Å². The van der Waals surface area contributed by atoms with Crippen LogP contribution in [0.2, 0.25) is 0 Å². The highest BCUT2D eigenvalue weighted by atomic mass is 32.2. The second-order valence-electron chi connectivity index (χ2n) is 1.65. The molecular formula is C6H12N2OS. The summed E-state index contributed by atoms with van der Waals surface area (Å²) in [5.41, 5.74) is 4.83. The molecule has 0 aliphatic rings. The predicted molar refractivity (Wildman–Crippen MR) is 45.1 cm³/mol. The molecule has 58 valence electrons. The van der Waals surface area contributed by atoms with Crippen LogP contribution in [0, 0.1) is 0 Å². The predicted octanol–water partition coefficient (Wildman–Crippen LogP) is 0.574. The van der Waals surface area contributed by atoms with Gasteiger partial charge in [-0.3, -0.25) is 0 Å². The lowest BCUT2D eigenvalue weighted by atomic mass is 10.7. The zero-order chi connectivity index (χ0) is 7.82. The summed E-state index contributed by atoms with van der Waals surface area (Å²) in [6.45, 7) is 4.19. The van der Waals surface area contributed by atoms with Crippen molar-refractivity contribution in [1.82, 2.24) is 5.32 Å². The molecule has 0 unspecified atom stereocenters. The first-order chi connectivity index (χ1) is 4.77. The molecular weight excluding hydrogens is 148 g/mol. The van der Waals surface area contributed by atoms with Crippen molar-refractivity contribution in [3.8, 4) is 0 Å². The van der Waals surface area contributed by atoms with Gasteiger partial charge in [0.1, 0.15) is 0 Å². The van der Waals surface area contributed by atoms with Gasteiger partial charge in [0.05, 0.1) is 0 Å². The Bertz CT molecular complexity index is 116. The lowest BCUT2D eigenvalue weighted by Gasteiger charge is -1.98. The molecule has 2 amide bonds. The highest BCUT2D eigenvalue weighted by Crippen LogP contribution is 1.96. The molecule has 0 bridgehead atoms. The minimum atomic E-state index is -0.459. The standard InChI is InChI=1S/C6H12N2OS/c1-2-4-10-5-3-8-6(7)9/h2H,1,3-5H2,(H3,7,8,9). The van der Waals surface area contributed by atoms with Crippen LogP contribution in [0.15, 0.2) is 12.7 Å². The maximum Gasteiger partial charge on any atom is 0.312 e. The summed E-state index contributed by atoms with van der Waals surface area (Å²) < 4.78 is 0. The summed E-state index contributed by atoms with van der Waals surface area (Å²) in [6, 6.07) is -0.459. The highest BCUT2D eigenvalue weighted by Gasteiger charge is 1.89. The van der Waals surface area contributed by atoms with Crippen molar-refractivity contribution in [2.45, 2.75) is 0 Å². The van der Waals surface area contributed by atoms with Crippen LogP contribution in [0.3, 0.4) is 0 Å². The van der Waals surface area contributed by atoms with Gasteiger partial charge in [-0.25, -0.2) is 4.79 Å². The monoisotopic (exact) mass is 160 g/mol. The van der Waals surface area contributed by atoms with E-state index in [0.29, 0.717) is 6.54 Å². The normalized spacial score (nSPS) is 8.80. The fourth-order valence-corrected chi connectivity index (χ4v) is 0.993. The third-order valence-electron chi connectivity index (χ3n) is 0.781. The molecule has 0 heterocycles. The number of nitrogens with two attached hydrogens (primary N) is 1. The quantitative estimate of drug-likeness (QED) is 0.456. The van der Waals surface area contributed by atoms with E-state index in [4.69, 9.17) is 5.73 Å². The number of hydrogen-bond acceptors (Lipinski definition) is 2. The van der Waals surface area contributed by atoms with Crippen LogP contribution in [0.1, 0.15) is 0 Å². The van der Waals surface area contributed by atoms with Crippen molar-refractivity contribution < 1.29 is 4.79 Å². The van der Waals surface area contributed by atoms with E-state index in [9.17, 15) is 4.79 Å². The number of thioether (sulfide) groups is 1. The molecule has 0 rings (SSSR count). The highest BCUT2D eigenvalue weighted by molar-refractivity contribution is 7.99. The SMILES string of the molecule is C=CCSCCNC(N)=O.